The first kappa shape index (κ1) is 10.3. The molecule has 2 heteroatoms. The molecule has 0 saturated heterocycles. The molecule has 1 rings (SSSR count). The molecule has 0 aromatic carbocycles. The van der Waals surface area contributed by atoms with E-state index in [0.29, 0.717) is 18.3 Å². The fourth-order valence-corrected chi connectivity index (χ4v) is 2.03. The van der Waals surface area contributed by atoms with Gasteiger partial charge in [-0.25, -0.2) is 0 Å². The largest absolute Gasteiger partial charge is 0.505 e. The molecule has 13 heavy (non-hydrogen) atoms. The summed E-state index contributed by atoms with van der Waals surface area (Å²) in [5, 5.41) is 0. The number of hydrogen-bond donors (Lipinski definition) is 0. The van der Waals surface area contributed by atoms with Crippen molar-refractivity contribution in [3.8, 4) is 0 Å². The normalized spacial score (nSPS) is 30.5. The lowest BCUT2D eigenvalue weighted by Crippen LogP contribution is -1.96. The van der Waals surface area contributed by atoms with E-state index < -0.39 is 0 Å². The van der Waals surface area contributed by atoms with E-state index in [4.69, 9.17) is 4.74 Å². The topological polar surface area (TPSA) is 26.3 Å². The van der Waals surface area contributed by atoms with Crippen molar-refractivity contribution in [3.05, 3.63) is 12.3 Å². The molecule has 74 valence electrons. The molecule has 0 unspecified atom stereocenters. The fraction of sp³-hybridized carbons (Fsp3) is 0.727. The zero-order chi connectivity index (χ0) is 10.1. The molecule has 1 saturated carbocycles. The third kappa shape index (κ3) is 2.11. The predicted molar refractivity (Wildman–Crippen MR) is 52.2 cm³/mol. The average Bonchev–Trinajstić information content (AvgIpc) is 2.49. The number of hydrogen-bond acceptors (Lipinski definition) is 2. The summed E-state index contributed by atoms with van der Waals surface area (Å²) in [6, 6.07) is 0. The Balaban J connectivity index is 2.50. The van der Waals surface area contributed by atoms with E-state index in [-0.39, 0.29) is 11.2 Å². The van der Waals surface area contributed by atoms with Crippen molar-refractivity contribution in [2.45, 2.75) is 27.2 Å². The summed E-state index contributed by atoms with van der Waals surface area (Å²) in [6.07, 6.45) is 4.48. The highest BCUT2D eigenvalue weighted by molar-refractivity contribution is 5.76. The van der Waals surface area contributed by atoms with E-state index in [2.05, 4.69) is 19.9 Å². The van der Waals surface area contributed by atoms with Crippen molar-refractivity contribution in [1.29, 1.82) is 0 Å². The first-order valence-corrected chi connectivity index (χ1v) is 4.69. The summed E-state index contributed by atoms with van der Waals surface area (Å²) < 4.78 is 4.87. The van der Waals surface area contributed by atoms with E-state index in [1.165, 1.54) is 0 Å². The van der Waals surface area contributed by atoms with Crippen molar-refractivity contribution < 1.29 is 9.53 Å². The van der Waals surface area contributed by atoms with Gasteiger partial charge in [-0.3, -0.25) is 0 Å². The molecule has 0 radical (unpaired) electrons. The molecule has 0 bridgehead atoms. The Morgan fingerprint density at radius 2 is 2.15 bits per heavy atom. The van der Waals surface area contributed by atoms with Crippen molar-refractivity contribution in [1.82, 2.24) is 0 Å². The summed E-state index contributed by atoms with van der Waals surface area (Å²) in [4.78, 5) is 10.9. The molecule has 0 amide bonds. The molecule has 0 aromatic heterocycles. The Labute approximate surface area is 80.0 Å². The third-order valence-corrected chi connectivity index (χ3v) is 3.07. The predicted octanol–water partition coefficient (Wildman–Crippen LogP) is 2.40. The van der Waals surface area contributed by atoms with Crippen LogP contribution in [0, 0.1) is 17.3 Å². The van der Waals surface area contributed by atoms with Gasteiger partial charge in [-0.05, 0) is 30.3 Å². The number of ketones is 1. The number of ether oxygens (including phenoxy) is 1. The van der Waals surface area contributed by atoms with Crippen LogP contribution in [-0.4, -0.2) is 12.9 Å². The molecule has 2 nitrogen and oxygen atoms in total. The van der Waals surface area contributed by atoms with Crippen molar-refractivity contribution in [3.63, 3.8) is 0 Å². The molecule has 0 spiro atoms. The van der Waals surface area contributed by atoms with Crippen LogP contribution < -0.4 is 0 Å². The van der Waals surface area contributed by atoms with Gasteiger partial charge < -0.3 is 9.53 Å². The summed E-state index contributed by atoms with van der Waals surface area (Å²) >= 11 is 0. The SMILES string of the molecule is COC=C[C@H]1[C@H](CC(C)=O)C1(C)C. The molecule has 0 aliphatic heterocycles. The zero-order valence-corrected chi connectivity index (χ0v) is 8.83. The smallest absolute Gasteiger partial charge is 0.130 e. The number of carbonyl (C=O) groups excluding carboxylic acids is 1. The number of methoxy groups -OCH3 is 1. The third-order valence-electron chi connectivity index (χ3n) is 3.07. The zero-order valence-electron chi connectivity index (χ0n) is 8.83. The second-order valence-electron chi connectivity index (χ2n) is 4.42. The van der Waals surface area contributed by atoms with Crippen LogP contribution in [0.25, 0.3) is 0 Å². The highest BCUT2D eigenvalue weighted by Gasteiger charge is 2.55. The van der Waals surface area contributed by atoms with Crippen LogP contribution in [0.3, 0.4) is 0 Å². The maximum absolute atomic E-state index is 10.9. The van der Waals surface area contributed by atoms with Crippen LogP contribution in [0.4, 0.5) is 0 Å². The Morgan fingerprint density at radius 3 is 2.62 bits per heavy atom. The Kier molecular flexibility index (Phi) is 2.79. The van der Waals surface area contributed by atoms with Gasteiger partial charge in [0, 0.05) is 6.42 Å². The Hall–Kier alpha value is -0.790. The first-order valence-electron chi connectivity index (χ1n) is 4.69. The minimum absolute atomic E-state index is 0.278. The van der Waals surface area contributed by atoms with Gasteiger partial charge in [0.05, 0.1) is 13.4 Å². The minimum atomic E-state index is 0.278. The van der Waals surface area contributed by atoms with E-state index in [9.17, 15) is 4.79 Å². The number of allylic oxidation sites excluding steroid dienone is 1. The number of Topliss-reactive ketones (excluding diaryl/α,β-unsaturated/α-hetero) is 1. The quantitative estimate of drug-likeness (QED) is 0.624. The standard InChI is InChI=1S/C11H18O2/c1-8(12)7-10-9(5-6-13-4)11(10,2)3/h5-6,9-10H,7H2,1-4H3/t9-,10-/m0/s1. The molecule has 0 aromatic rings. The molecule has 0 heterocycles. The summed E-state index contributed by atoms with van der Waals surface area (Å²) in [7, 11) is 1.64. The fourth-order valence-electron chi connectivity index (χ4n) is 2.03. The lowest BCUT2D eigenvalue weighted by atomic mass is 10.1. The minimum Gasteiger partial charge on any atom is -0.505 e. The summed E-state index contributed by atoms with van der Waals surface area (Å²) in [5.41, 5.74) is 0.278. The van der Waals surface area contributed by atoms with Gasteiger partial charge >= 0.3 is 0 Å². The number of rotatable bonds is 4. The van der Waals surface area contributed by atoms with Crippen molar-refractivity contribution in [2.75, 3.05) is 7.11 Å². The van der Waals surface area contributed by atoms with E-state index in [0.717, 1.165) is 0 Å². The van der Waals surface area contributed by atoms with Crippen molar-refractivity contribution in [2.24, 2.45) is 17.3 Å². The van der Waals surface area contributed by atoms with Gasteiger partial charge in [0.2, 0.25) is 0 Å². The van der Waals surface area contributed by atoms with Gasteiger partial charge in [0.25, 0.3) is 0 Å². The highest BCUT2D eigenvalue weighted by Crippen LogP contribution is 2.60. The van der Waals surface area contributed by atoms with E-state index in [1.54, 1.807) is 20.3 Å². The van der Waals surface area contributed by atoms with Gasteiger partial charge in [0.1, 0.15) is 5.78 Å². The molecule has 1 aliphatic rings. The van der Waals surface area contributed by atoms with E-state index >= 15 is 0 Å². The van der Waals surface area contributed by atoms with Crippen LogP contribution in [0.2, 0.25) is 0 Å². The van der Waals surface area contributed by atoms with Gasteiger partial charge in [-0.1, -0.05) is 13.8 Å². The van der Waals surface area contributed by atoms with Crippen LogP contribution in [-0.2, 0) is 9.53 Å². The first-order chi connectivity index (χ1) is 6.00. The monoisotopic (exact) mass is 182 g/mol. The van der Waals surface area contributed by atoms with Crippen LogP contribution >= 0.6 is 0 Å². The molecular weight excluding hydrogens is 164 g/mol. The summed E-state index contributed by atoms with van der Waals surface area (Å²) in [6.45, 7) is 6.06. The molecule has 1 fully saturated rings. The van der Waals surface area contributed by atoms with Gasteiger partial charge in [-0.2, -0.15) is 0 Å². The molecular formula is C11H18O2. The second-order valence-corrected chi connectivity index (χ2v) is 4.42. The maximum atomic E-state index is 10.9. The van der Waals surface area contributed by atoms with Crippen LogP contribution in [0.1, 0.15) is 27.2 Å². The van der Waals surface area contributed by atoms with Crippen LogP contribution in [0.15, 0.2) is 12.3 Å². The van der Waals surface area contributed by atoms with Crippen LogP contribution in [0.5, 0.6) is 0 Å². The molecule has 0 N–H and O–H groups in total. The van der Waals surface area contributed by atoms with Crippen molar-refractivity contribution >= 4 is 5.78 Å². The Morgan fingerprint density at radius 1 is 1.54 bits per heavy atom. The van der Waals surface area contributed by atoms with Gasteiger partial charge in [-0.15, -0.1) is 0 Å². The maximum Gasteiger partial charge on any atom is 0.130 e. The number of carbonyl (C=O) groups is 1. The average molecular weight is 182 g/mol. The van der Waals surface area contributed by atoms with E-state index in [1.807, 2.05) is 0 Å². The highest BCUT2D eigenvalue weighted by atomic mass is 16.5. The lowest BCUT2D eigenvalue weighted by Gasteiger charge is -1.98. The lowest BCUT2D eigenvalue weighted by molar-refractivity contribution is -0.117. The second kappa shape index (κ2) is 3.52. The summed E-state index contributed by atoms with van der Waals surface area (Å²) in [5.74, 6) is 1.30. The van der Waals surface area contributed by atoms with Gasteiger partial charge in [0.15, 0.2) is 0 Å². The Bertz CT molecular complexity index is 228. The molecule has 2 atom stereocenters. The molecule has 1 aliphatic carbocycles.